The first-order chi connectivity index (χ1) is 7.18. The second kappa shape index (κ2) is 3.86. The molecule has 0 saturated heterocycles. The minimum atomic E-state index is -0.978. The molecule has 4 nitrogen and oxygen atoms in total. The van der Waals surface area contributed by atoms with Crippen molar-refractivity contribution in [1.82, 2.24) is 4.37 Å². The SMILES string of the molecule is Cc1nsc2c(OCC(=O)O)cccc12. The van der Waals surface area contributed by atoms with E-state index in [2.05, 4.69) is 4.37 Å². The Kier molecular flexibility index (Phi) is 2.55. The Balaban J connectivity index is 2.38. The van der Waals surface area contributed by atoms with Gasteiger partial charge in [0.2, 0.25) is 0 Å². The maximum absolute atomic E-state index is 10.4. The largest absolute Gasteiger partial charge is 0.480 e. The average molecular weight is 223 g/mol. The molecule has 2 aromatic rings. The number of carboxylic acids is 1. The minimum absolute atomic E-state index is 0.323. The van der Waals surface area contributed by atoms with Crippen LogP contribution in [0.2, 0.25) is 0 Å². The fourth-order valence-electron chi connectivity index (χ4n) is 1.31. The van der Waals surface area contributed by atoms with Crippen molar-refractivity contribution < 1.29 is 14.6 Å². The van der Waals surface area contributed by atoms with Crippen molar-refractivity contribution in [2.75, 3.05) is 6.61 Å². The van der Waals surface area contributed by atoms with Gasteiger partial charge in [0.05, 0.1) is 10.4 Å². The van der Waals surface area contributed by atoms with Crippen molar-refractivity contribution in [2.45, 2.75) is 6.92 Å². The van der Waals surface area contributed by atoms with Gasteiger partial charge >= 0.3 is 5.97 Å². The Morgan fingerprint density at radius 2 is 2.40 bits per heavy atom. The second-order valence-electron chi connectivity index (χ2n) is 3.08. The molecule has 0 saturated carbocycles. The van der Waals surface area contributed by atoms with E-state index >= 15 is 0 Å². The van der Waals surface area contributed by atoms with Crippen molar-refractivity contribution in [1.29, 1.82) is 0 Å². The Labute approximate surface area is 90.3 Å². The summed E-state index contributed by atoms with van der Waals surface area (Å²) in [5, 5.41) is 9.53. The zero-order valence-electron chi connectivity index (χ0n) is 8.06. The van der Waals surface area contributed by atoms with Crippen LogP contribution in [0.15, 0.2) is 18.2 Å². The molecule has 0 aliphatic rings. The molecule has 1 aromatic carbocycles. The van der Waals surface area contributed by atoms with Gasteiger partial charge in [0, 0.05) is 5.39 Å². The molecule has 0 fully saturated rings. The number of ether oxygens (including phenoxy) is 1. The Hall–Kier alpha value is -1.62. The number of carboxylic acid groups (broad SMARTS) is 1. The topological polar surface area (TPSA) is 59.4 Å². The molecule has 1 heterocycles. The van der Waals surface area contributed by atoms with Gasteiger partial charge in [0.1, 0.15) is 5.75 Å². The van der Waals surface area contributed by atoms with Gasteiger partial charge in [-0.25, -0.2) is 4.79 Å². The summed E-state index contributed by atoms with van der Waals surface area (Å²) in [6.07, 6.45) is 0. The van der Waals surface area contributed by atoms with Crippen LogP contribution in [0.3, 0.4) is 0 Å². The van der Waals surface area contributed by atoms with Crippen molar-refractivity contribution >= 4 is 27.6 Å². The van der Waals surface area contributed by atoms with E-state index in [1.54, 1.807) is 6.07 Å². The molecule has 0 radical (unpaired) electrons. The predicted molar refractivity (Wildman–Crippen MR) is 57.5 cm³/mol. The summed E-state index contributed by atoms with van der Waals surface area (Å²) in [6, 6.07) is 5.53. The van der Waals surface area contributed by atoms with E-state index in [4.69, 9.17) is 9.84 Å². The van der Waals surface area contributed by atoms with E-state index in [1.807, 2.05) is 19.1 Å². The molecule has 0 unspecified atom stereocenters. The van der Waals surface area contributed by atoms with Gasteiger partial charge in [-0.05, 0) is 24.5 Å². The van der Waals surface area contributed by atoms with Crippen LogP contribution in [-0.2, 0) is 4.79 Å². The third kappa shape index (κ3) is 1.92. The third-order valence-electron chi connectivity index (χ3n) is 1.99. The van der Waals surface area contributed by atoms with Gasteiger partial charge in [-0.3, -0.25) is 0 Å². The maximum Gasteiger partial charge on any atom is 0.341 e. The number of aromatic nitrogens is 1. The van der Waals surface area contributed by atoms with Gasteiger partial charge in [-0.1, -0.05) is 12.1 Å². The molecule has 78 valence electrons. The lowest BCUT2D eigenvalue weighted by atomic mass is 10.2. The number of fused-ring (bicyclic) bond motifs is 1. The predicted octanol–water partition coefficient (Wildman–Crippen LogP) is 2.07. The quantitative estimate of drug-likeness (QED) is 0.865. The lowest BCUT2D eigenvalue weighted by Crippen LogP contribution is -2.09. The van der Waals surface area contributed by atoms with E-state index in [-0.39, 0.29) is 6.61 Å². The number of aryl methyl sites for hydroxylation is 1. The van der Waals surface area contributed by atoms with Crippen molar-refractivity contribution in [2.24, 2.45) is 0 Å². The van der Waals surface area contributed by atoms with Gasteiger partial charge < -0.3 is 9.84 Å². The number of aliphatic carboxylic acids is 1. The summed E-state index contributed by atoms with van der Waals surface area (Å²) in [6.45, 7) is 1.59. The van der Waals surface area contributed by atoms with E-state index < -0.39 is 5.97 Å². The van der Waals surface area contributed by atoms with E-state index in [9.17, 15) is 4.79 Å². The molecule has 5 heteroatoms. The van der Waals surface area contributed by atoms with E-state index in [1.165, 1.54) is 11.5 Å². The maximum atomic E-state index is 10.4. The van der Waals surface area contributed by atoms with Gasteiger partial charge in [-0.2, -0.15) is 4.37 Å². The molecule has 0 amide bonds. The third-order valence-corrected chi connectivity index (χ3v) is 2.96. The highest BCUT2D eigenvalue weighted by Crippen LogP contribution is 2.30. The molecule has 0 bridgehead atoms. The van der Waals surface area contributed by atoms with Crippen molar-refractivity contribution in [3.8, 4) is 5.75 Å². The summed E-state index contributed by atoms with van der Waals surface area (Å²) >= 11 is 1.32. The number of hydrogen-bond donors (Lipinski definition) is 1. The first-order valence-corrected chi connectivity index (χ1v) is 5.15. The zero-order chi connectivity index (χ0) is 10.8. The van der Waals surface area contributed by atoms with Crippen LogP contribution < -0.4 is 4.74 Å². The van der Waals surface area contributed by atoms with E-state index in [0.717, 1.165) is 15.8 Å². The monoisotopic (exact) mass is 223 g/mol. The highest BCUT2D eigenvalue weighted by atomic mass is 32.1. The molecule has 15 heavy (non-hydrogen) atoms. The first-order valence-electron chi connectivity index (χ1n) is 4.38. The highest BCUT2D eigenvalue weighted by molar-refractivity contribution is 7.13. The standard InChI is InChI=1S/C10H9NO3S/c1-6-7-3-2-4-8(10(7)15-11-6)14-5-9(12)13/h2-4H,5H2,1H3,(H,12,13). The van der Waals surface area contributed by atoms with Crippen LogP contribution >= 0.6 is 11.5 Å². The second-order valence-corrected chi connectivity index (χ2v) is 3.86. The number of carbonyl (C=O) groups is 1. The molecule has 1 aromatic heterocycles. The minimum Gasteiger partial charge on any atom is -0.480 e. The Morgan fingerprint density at radius 1 is 1.60 bits per heavy atom. The molecule has 2 rings (SSSR count). The molecular weight excluding hydrogens is 214 g/mol. The van der Waals surface area contributed by atoms with E-state index in [0.29, 0.717) is 5.75 Å². The molecule has 0 aliphatic heterocycles. The molecular formula is C10H9NO3S. The van der Waals surface area contributed by atoms with Gasteiger partial charge in [0.25, 0.3) is 0 Å². The normalized spacial score (nSPS) is 10.5. The molecule has 1 N–H and O–H groups in total. The van der Waals surface area contributed by atoms with Crippen LogP contribution in [0.1, 0.15) is 5.69 Å². The van der Waals surface area contributed by atoms with Crippen molar-refractivity contribution in [3.05, 3.63) is 23.9 Å². The number of rotatable bonds is 3. The fraction of sp³-hybridized carbons (Fsp3) is 0.200. The summed E-state index contributed by atoms with van der Waals surface area (Å²) in [5.74, 6) is -0.395. The summed E-state index contributed by atoms with van der Waals surface area (Å²) in [7, 11) is 0. The average Bonchev–Trinajstić information content (AvgIpc) is 2.58. The fourth-order valence-corrected chi connectivity index (χ4v) is 2.17. The van der Waals surface area contributed by atoms with Crippen LogP contribution in [0.4, 0.5) is 0 Å². The first kappa shape index (κ1) is 9.92. The van der Waals surface area contributed by atoms with Gasteiger partial charge in [0.15, 0.2) is 6.61 Å². The number of hydrogen-bond acceptors (Lipinski definition) is 4. The lowest BCUT2D eigenvalue weighted by molar-refractivity contribution is -0.139. The van der Waals surface area contributed by atoms with Crippen LogP contribution in [0.25, 0.3) is 10.1 Å². The van der Waals surface area contributed by atoms with Crippen LogP contribution in [-0.4, -0.2) is 22.1 Å². The smallest absolute Gasteiger partial charge is 0.341 e. The van der Waals surface area contributed by atoms with Gasteiger partial charge in [-0.15, -0.1) is 0 Å². The summed E-state index contributed by atoms with van der Waals surface area (Å²) in [5.41, 5.74) is 0.941. The molecule has 0 spiro atoms. The van der Waals surface area contributed by atoms with Crippen LogP contribution in [0.5, 0.6) is 5.75 Å². The van der Waals surface area contributed by atoms with Crippen molar-refractivity contribution in [3.63, 3.8) is 0 Å². The summed E-state index contributed by atoms with van der Waals surface area (Å²) < 4.78 is 10.3. The highest BCUT2D eigenvalue weighted by Gasteiger charge is 2.08. The summed E-state index contributed by atoms with van der Waals surface area (Å²) in [4.78, 5) is 10.4. The number of nitrogens with zero attached hydrogens (tertiary/aromatic N) is 1. The lowest BCUT2D eigenvalue weighted by Gasteiger charge is -2.03. The number of benzene rings is 1. The van der Waals surface area contributed by atoms with Crippen LogP contribution in [0, 0.1) is 6.92 Å². The molecule has 0 atom stereocenters. The zero-order valence-corrected chi connectivity index (χ0v) is 8.87. The Bertz CT molecular complexity index is 506. The Morgan fingerprint density at radius 3 is 3.13 bits per heavy atom. The molecule has 0 aliphatic carbocycles.